The summed E-state index contributed by atoms with van der Waals surface area (Å²) in [6.45, 7) is 1.13. The predicted molar refractivity (Wildman–Crippen MR) is 87.1 cm³/mol. The number of amides is 1. The van der Waals surface area contributed by atoms with Crippen LogP contribution in [0, 0.1) is 5.82 Å². The molecule has 0 spiro atoms. The van der Waals surface area contributed by atoms with Gasteiger partial charge in [0.15, 0.2) is 11.5 Å². The summed E-state index contributed by atoms with van der Waals surface area (Å²) in [6, 6.07) is 5.15. The Balaban J connectivity index is 1.81. The van der Waals surface area contributed by atoms with Gasteiger partial charge in [0.1, 0.15) is 5.82 Å². The first-order chi connectivity index (χ1) is 11.6. The van der Waals surface area contributed by atoms with Crippen molar-refractivity contribution < 1.29 is 18.7 Å². The van der Waals surface area contributed by atoms with Crippen LogP contribution in [0.15, 0.2) is 30.6 Å². The minimum Gasteiger partial charge on any atom is -0.493 e. The van der Waals surface area contributed by atoms with Gasteiger partial charge >= 0.3 is 0 Å². The highest BCUT2D eigenvalue weighted by Crippen LogP contribution is 2.32. The maximum Gasteiger partial charge on any atom is 0.255 e. The molecule has 0 saturated carbocycles. The van der Waals surface area contributed by atoms with Gasteiger partial charge in [-0.25, -0.2) is 4.39 Å². The van der Waals surface area contributed by atoms with Crippen molar-refractivity contribution >= 4 is 5.91 Å². The lowest BCUT2D eigenvalue weighted by Gasteiger charge is -2.20. The Morgan fingerprint density at radius 3 is 2.12 bits per heavy atom. The van der Waals surface area contributed by atoms with E-state index in [0.717, 1.165) is 17.3 Å². The molecule has 1 aromatic carbocycles. The summed E-state index contributed by atoms with van der Waals surface area (Å²) in [6.07, 6.45) is 3.91. The van der Waals surface area contributed by atoms with Crippen molar-refractivity contribution in [2.24, 2.45) is 0 Å². The molecule has 2 heterocycles. The van der Waals surface area contributed by atoms with E-state index in [-0.39, 0.29) is 11.5 Å². The average Bonchev–Trinajstić information content (AvgIpc) is 2.81. The second-order valence-corrected chi connectivity index (χ2v) is 5.66. The first kappa shape index (κ1) is 16.2. The van der Waals surface area contributed by atoms with E-state index >= 15 is 0 Å². The van der Waals surface area contributed by atoms with Gasteiger partial charge in [-0.05, 0) is 42.2 Å². The fraction of sp³-hybridized carbons (Fsp3) is 0.333. The summed E-state index contributed by atoms with van der Waals surface area (Å²) >= 11 is 0. The Labute approximate surface area is 140 Å². The van der Waals surface area contributed by atoms with E-state index in [2.05, 4.69) is 4.98 Å². The van der Waals surface area contributed by atoms with Crippen molar-refractivity contribution in [2.75, 3.05) is 27.3 Å². The second-order valence-electron chi connectivity index (χ2n) is 5.66. The first-order valence-electron chi connectivity index (χ1n) is 7.76. The van der Waals surface area contributed by atoms with Crippen LogP contribution in [0.2, 0.25) is 0 Å². The number of nitrogens with zero attached hydrogens (tertiary/aromatic N) is 2. The summed E-state index contributed by atoms with van der Waals surface area (Å²) < 4.78 is 24.0. The molecule has 0 fully saturated rings. The van der Waals surface area contributed by atoms with Crippen molar-refractivity contribution in [1.82, 2.24) is 9.88 Å². The van der Waals surface area contributed by atoms with E-state index in [1.807, 2.05) is 12.1 Å². The molecule has 0 atom stereocenters. The molecule has 0 unspecified atom stereocenters. The SMILES string of the molecule is COc1cc2c(cc1OC)CCN(C(=O)c1cncc(F)c1)CC2. The Bertz CT molecular complexity index is 729. The van der Waals surface area contributed by atoms with Crippen molar-refractivity contribution in [3.8, 4) is 11.5 Å². The lowest BCUT2D eigenvalue weighted by atomic mass is 10.0. The lowest BCUT2D eigenvalue weighted by Crippen LogP contribution is -2.33. The Kier molecular flexibility index (Phi) is 4.64. The number of carbonyl (C=O) groups is 1. The third-order valence-corrected chi connectivity index (χ3v) is 4.25. The molecule has 24 heavy (non-hydrogen) atoms. The topological polar surface area (TPSA) is 51.7 Å². The number of aromatic nitrogens is 1. The Hall–Kier alpha value is -2.63. The maximum absolute atomic E-state index is 13.3. The number of rotatable bonds is 3. The number of hydrogen-bond donors (Lipinski definition) is 0. The molecule has 0 saturated heterocycles. The third-order valence-electron chi connectivity index (χ3n) is 4.25. The zero-order valence-electron chi connectivity index (χ0n) is 13.7. The van der Waals surface area contributed by atoms with E-state index in [4.69, 9.17) is 9.47 Å². The van der Waals surface area contributed by atoms with Gasteiger partial charge < -0.3 is 14.4 Å². The molecule has 2 aromatic rings. The Morgan fingerprint density at radius 1 is 1.04 bits per heavy atom. The van der Waals surface area contributed by atoms with Gasteiger partial charge in [-0.15, -0.1) is 0 Å². The fourth-order valence-electron chi connectivity index (χ4n) is 2.97. The van der Waals surface area contributed by atoms with E-state index < -0.39 is 5.82 Å². The molecular weight excluding hydrogens is 311 g/mol. The number of fused-ring (bicyclic) bond motifs is 1. The highest BCUT2D eigenvalue weighted by molar-refractivity contribution is 5.94. The van der Waals surface area contributed by atoms with Gasteiger partial charge in [0.25, 0.3) is 5.91 Å². The van der Waals surface area contributed by atoms with E-state index in [1.165, 1.54) is 12.3 Å². The van der Waals surface area contributed by atoms with Crippen LogP contribution in [-0.4, -0.2) is 43.1 Å². The van der Waals surface area contributed by atoms with Gasteiger partial charge in [0, 0.05) is 19.3 Å². The van der Waals surface area contributed by atoms with Gasteiger partial charge in [0.2, 0.25) is 0 Å². The molecule has 1 aliphatic heterocycles. The van der Waals surface area contributed by atoms with E-state index in [0.29, 0.717) is 37.4 Å². The number of halogens is 1. The highest BCUT2D eigenvalue weighted by atomic mass is 19.1. The summed E-state index contributed by atoms with van der Waals surface area (Å²) in [5.41, 5.74) is 2.55. The molecule has 1 amide bonds. The summed E-state index contributed by atoms with van der Waals surface area (Å²) in [4.78, 5) is 18.1. The van der Waals surface area contributed by atoms with E-state index in [9.17, 15) is 9.18 Å². The van der Waals surface area contributed by atoms with Crippen LogP contribution in [0.1, 0.15) is 21.5 Å². The molecule has 126 valence electrons. The van der Waals surface area contributed by atoms with Gasteiger partial charge in [-0.2, -0.15) is 0 Å². The van der Waals surface area contributed by atoms with Crippen LogP contribution in [0.5, 0.6) is 11.5 Å². The average molecular weight is 330 g/mol. The van der Waals surface area contributed by atoms with E-state index in [1.54, 1.807) is 19.1 Å². The molecule has 0 N–H and O–H groups in total. The fourth-order valence-corrected chi connectivity index (χ4v) is 2.97. The van der Waals surface area contributed by atoms with Crippen molar-refractivity contribution in [3.63, 3.8) is 0 Å². The minimum absolute atomic E-state index is 0.200. The zero-order chi connectivity index (χ0) is 17.1. The van der Waals surface area contributed by atoms with Crippen LogP contribution < -0.4 is 9.47 Å². The van der Waals surface area contributed by atoms with Crippen molar-refractivity contribution in [1.29, 1.82) is 0 Å². The zero-order valence-corrected chi connectivity index (χ0v) is 13.7. The molecule has 1 aromatic heterocycles. The van der Waals surface area contributed by atoms with Crippen molar-refractivity contribution in [3.05, 3.63) is 53.1 Å². The second kappa shape index (κ2) is 6.86. The number of pyridine rings is 1. The standard InChI is InChI=1S/C18H19FN2O3/c1-23-16-8-12-3-5-21(6-4-13(12)9-17(16)24-2)18(22)14-7-15(19)11-20-10-14/h7-11H,3-6H2,1-2H3. The monoisotopic (exact) mass is 330 g/mol. The molecule has 0 aliphatic carbocycles. The van der Waals surface area contributed by atoms with Crippen LogP contribution in [-0.2, 0) is 12.8 Å². The molecule has 0 bridgehead atoms. The molecule has 1 aliphatic rings. The van der Waals surface area contributed by atoms with Crippen LogP contribution in [0.4, 0.5) is 4.39 Å². The van der Waals surface area contributed by atoms with Gasteiger partial charge in [0.05, 0.1) is 26.0 Å². The van der Waals surface area contributed by atoms with Gasteiger partial charge in [-0.1, -0.05) is 0 Å². The summed E-state index contributed by atoms with van der Waals surface area (Å²) in [5, 5.41) is 0. The van der Waals surface area contributed by atoms with Crippen LogP contribution in [0.25, 0.3) is 0 Å². The number of hydrogen-bond acceptors (Lipinski definition) is 4. The normalized spacial score (nSPS) is 13.9. The Morgan fingerprint density at radius 2 is 1.62 bits per heavy atom. The largest absolute Gasteiger partial charge is 0.493 e. The summed E-state index contributed by atoms with van der Waals surface area (Å²) in [5.74, 6) is 0.665. The smallest absolute Gasteiger partial charge is 0.255 e. The number of carbonyl (C=O) groups excluding carboxylic acids is 1. The van der Waals surface area contributed by atoms with Crippen molar-refractivity contribution in [2.45, 2.75) is 12.8 Å². The third kappa shape index (κ3) is 3.18. The minimum atomic E-state index is -0.506. The molecule has 3 rings (SSSR count). The molecule has 0 radical (unpaired) electrons. The van der Waals surface area contributed by atoms with Crippen LogP contribution >= 0.6 is 0 Å². The lowest BCUT2D eigenvalue weighted by molar-refractivity contribution is 0.0762. The first-order valence-corrected chi connectivity index (χ1v) is 7.76. The van der Waals surface area contributed by atoms with Crippen LogP contribution in [0.3, 0.4) is 0 Å². The van der Waals surface area contributed by atoms with Gasteiger partial charge in [-0.3, -0.25) is 9.78 Å². The quantitative estimate of drug-likeness (QED) is 0.868. The maximum atomic E-state index is 13.3. The molecule has 6 heteroatoms. The summed E-state index contributed by atoms with van der Waals surface area (Å²) in [7, 11) is 3.21. The molecular formula is C18H19FN2O3. The number of methoxy groups -OCH3 is 2. The number of benzene rings is 1. The molecule has 5 nitrogen and oxygen atoms in total. The highest BCUT2D eigenvalue weighted by Gasteiger charge is 2.22. The predicted octanol–water partition coefficient (Wildman–Crippen LogP) is 2.48. The number of ether oxygens (including phenoxy) is 2.